The van der Waals surface area contributed by atoms with Crippen molar-refractivity contribution in [2.75, 3.05) is 12.3 Å². The Kier molecular flexibility index (Phi) is 3.28. The van der Waals surface area contributed by atoms with E-state index in [9.17, 15) is 0 Å². The van der Waals surface area contributed by atoms with Crippen LogP contribution in [0.25, 0.3) is 27.3 Å². The second-order valence-electron chi connectivity index (χ2n) is 3.61. The fourth-order valence-corrected chi connectivity index (χ4v) is 1.75. The maximum absolute atomic E-state index is 8.18. The molecule has 2 N–H and O–H groups in total. The van der Waals surface area contributed by atoms with E-state index < -0.39 is 0 Å². The summed E-state index contributed by atoms with van der Waals surface area (Å²) in [5, 5.41) is 5.60. The molecule has 4 heteroatoms. The van der Waals surface area contributed by atoms with Crippen molar-refractivity contribution in [2.45, 2.75) is 0 Å². The molecule has 0 aromatic heterocycles. The van der Waals surface area contributed by atoms with Crippen molar-refractivity contribution >= 4 is 22.5 Å². The minimum Gasteiger partial charge on any atom is -0.398 e. The zero-order valence-electron chi connectivity index (χ0n) is 9.24. The van der Waals surface area contributed by atoms with Crippen molar-refractivity contribution in [1.82, 2.24) is 0 Å². The van der Waals surface area contributed by atoms with Crippen LogP contribution in [0.2, 0.25) is 0 Å². The summed E-state index contributed by atoms with van der Waals surface area (Å²) in [6, 6.07) is 11.8. The molecule has 0 atom stereocenters. The molecule has 0 radical (unpaired) electrons. The number of nitrogens with two attached hydrogens (primary N) is 1. The van der Waals surface area contributed by atoms with Crippen LogP contribution >= 0.6 is 0 Å². The molecule has 17 heavy (non-hydrogen) atoms. The van der Waals surface area contributed by atoms with Crippen LogP contribution in [0.5, 0.6) is 0 Å². The van der Waals surface area contributed by atoms with Gasteiger partial charge < -0.3 is 5.73 Å². The Morgan fingerprint density at radius 2 is 1.94 bits per heavy atom. The second kappa shape index (κ2) is 5.05. The summed E-state index contributed by atoms with van der Waals surface area (Å²) in [6.07, 6.45) is 3.77. The van der Waals surface area contributed by atoms with Gasteiger partial charge in [-0.1, -0.05) is 47.6 Å². The minimum atomic E-state index is 0.356. The number of benzene rings is 2. The van der Waals surface area contributed by atoms with Crippen LogP contribution < -0.4 is 5.73 Å². The number of rotatable bonds is 3. The van der Waals surface area contributed by atoms with Crippen LogP contribution in [0.1, 0.15) is 5.56 Å². The molecule has 0 amide bonds. The first kappa shape index (κ1) is 11.0. The smallest absolute Gasteiger partial charge is 0.0443 e. The third kappa shape index (κ3) is 2.38. The molecule has 2 aromatic carbocycles. The molecular formula is C13H12N4. The molecule has 0 aliphatic heterocycles. The van der Waals surface area contributed by atoms with Gasteiger partial charge in [0, 0.05) is 22.5 Å². The Hall–Kier alpha value is -2.45. The monoisotopic (exact) mass is 224 g/mol. The number of fused-ring (bicyclic) bond motifs is 1. The molecule has 0 unspecified atom stereocenters. The van der Waals surface area contributed by atoms with E-state index in [0.29, 0.717) is 6.54 Å². The molecule has 0 fully saturated rings. The summed E-state index contributed by atoms with van der Waals surface area (Å²) in [6.45, 7) is 0.356. The van der Waals surface area contributed by atoms with Crippen molar-refractivity contribution < 1.29 is 0 Å². The van der Waals surface area contributed by atoms with Crippen molar-refractivity contribution in [1.29, 1.82) is 0 Å². The topological polar surface area (TPSA) is 74.8 Å². The van der Waals surface area contributed by atoms with Crippen LogP contribution in [-0.2, 0) is 0 Å². The molecule has 2 aromatic rings. The van der Waals surface area contributed by atoms with Gasteiger partial charge in [0.05, 0.1) is 0 Å². The number of hydrogen-bond acceptors (Lipinski definition) is 2. The molecular weight excluding hydrogens is 212 g/mol. The minimum absolute atomic E-state index is 0.356. The molecule has 0 heterocycles. The summed E-state index contributed by atoms with van der Waals surface area (Å²) in [4.78, 5) is 2.70. The number of nitrogen functional groups attached to an aromatic ring is 1. The zero-order chi connectivity index (χ0) is 12.1. The number of anilines is 1. The predicted molar refractivity (Wildman–Crippen MR) is 71.4 cm³/mol. The SMILES string of the molecule is [N-]=[N+]=NCC=Cc1ccc(N)c2ccccc12. The van der Waals surface area contributed by atoms with Gasteiger partial charge in [-0.25, -0.2) is 0 Å². The average molecular weight is 224 g/mol. The van der Waals surface area contributed by atoms with E-state index in [-0.39, 0.29) is 0 Å². The third-order valence-electron chi connectivity index (χ3n) is 2.54. The second-order valence-corrected chi connectivity index (χ2v) is 3.61. The van der Waals surface area contributed by atoms with E-state index in [2.05, 4.69) is 10.0 Å². The maximum atomic E-state index is 8.18. The Bertz CT molecular complexity index is 610. The Morgan fingerprint density at radius 1 is 1.18 bits per heavy atom. The van der Waals surface area contributed by atoms with E-state index in [1.54, 1.807) is 0 Å². The zero-order valence-corrected chi connectivity index (χ0v) is 9.24. The fourth-order valence-electron chi connectivity index (χ4n) is 1.75. The molecule has 0 saturated carbocycles. The quantitative estimate of drug-likeness (QED) is 0.366. The van der Waals surface area contributed by atoms with Gasteiger partial charge in [0.2, 0.25) is 0 Å². The van der Waals surface area contributed by atoms with Gasteiger partial charge in [-0.3, -0.25) is 0 Å². The molecule has 0 saturated heterocycles. The van der Waals surface area contributed by atoms with Crippen LogP contribution in [-0.4, -0.2) is 6.54 Å². The van der Waals surface area contributed by atoms with Crippen molar-refractivity contribution in [2.24, 2.45) is 5.11 Å². The number of hydrogen-bond donors (Lipinski definition) is 1. The van der Waals surface area contributed by atoms with Gasteiger partial charge in [0.15, 0.2) is 0 Å². The molecule has 84 valence electrons. The molecule has 0 spiro atoms. The molecule has 2 rings (SSSR count). The highest BCUT2D eigenvalue weighted by atomic mass is 15.1. The standard InChI is InChI=1S/C13H12N4/c14-13-8-7-10(4-3-9-16-17-15)11-5-1-2-6-12(11)13/h1-8H,9,14H2. The Labute approximate surface area is 99.0 Å². The van der Waals surface area contributed by atoms with Gasteiger partial charge >= 0.3 is 0 Å². The van der Waals surface area contributed by atoms with Gasteiger partial charge in [-0.05, 0) is 22.5 Å². The van der Waals surface area contributed by atoms with Gasteiger partial charge in [-0.2, -0.15) is 0 Å². The van der Waals surface area contributed by atoms with E-state index >= 15 is 0 Å². The first-order valence-electron chi connectivity index (χ1n) is 5.27. The lowest BCUT2D eigenvalue weighted by Gasteiger charge is -2.05. The van der Waals surface area contributed by atoms with Crippen LogP contribution in [0.15, 0.2) is 47.6 Å². The highest BCUT2D eigenvalue weighted by molar-refractivity contribution is 5.98. The Morgan fingerprint density at radius 3 is 2.71 bits per heavy atom. The van der Waals surface area contributed by atoms with Gasteiger partial charge in [0.1, 0.15) is 0 Å². The average Bonchev–Trinajstić information content (AvgIpc) is 2.37. The van der Waals surface area contributed by atoms with Gasteiger partial charge in [0.25, 0.3) is 0 Å². The van der Waals surface area contributed by atoms with Crippen molar-refractivity contribution in [3.63, 3.8) is 0 Å². The van der Waals surface area contributed by atoms with E-state index in [1.165, 1.54) is 0 Å². The van der Waals surface area contributed by atoms with Crippen LogP contribution in [0.4, 0.5) is 5.69 Å². The molecule has 0 bridgehead atoms. The van der Waals surface area contributed by atoms with Crippen molar-refractivity contribution in [3.05, 3.63) is 58.5 Å². The van der Waals surface area contributed by atoms with Gasteiger partial charge in [-0.15, -0.1) is 0 Å². The Balaban J connectivity index is 2.44. The van der Waals surface area contributed by atoms with Crippen molar-refractivity contribution in [3.8, 4) is 0 Å². The highest BCUT2D eigenvalue weighted by Crippen LogP contribution is 2.25. The van der Waals surface area contributed by atoms with E-state index in [0.717, 1.165) is 22.0 Å². The lowest BCUT2D eigenvalue weighted by molar-refractivity contribution is 1.22. The number of nitrogens with zero attached hydrogens (tertiary/aromatic N) is 3. The summed E-state index contributed by atoms with van der Waals surface area (Å²) in [7, 11) is 0. The third-order valence-corrected chi connectivity index (χ3v) is 2.54. The highest BCUT2D eigenvalue weighted by Gasteiger charge is 2.00. The summed E-state index contributed by atoms with van der Waals surface area (Å²) in [5.41, 5.74) is 15.9. The maximum Gasteiger partial charge on any atom is 0.0443 e. The fraction of sp³-hybridized carbons (Fsp3) is 0.0769. The summed E-state index contributed by atoms with van der Waals surface area (Å²) >= 11 is 0. The van der Waals surface area contributed by atoms with E-state index in [4.69, 9.17) is 11.3 Å². The largest absolute Gasteiger partial charge is 0.398 e. The lowest BCUT2D eigenvalue weighted by Crippen LogP contribution is -1.88. The van der Waals surface area contributed by atoms with Crippen LogP contribution in [0, 0.1) is 0 Å². The molecule has 0 aliphatic carbocycles. The molecule has 4 nitrogen and oxygen atoms in total. The summed E-state index contributed by atoms with van der Waals surface area (Å²) in [5.74, 6) is 0. The lowest BCUT2D eigenvalue weighted by atomic mass is 10.0. The number of azide groups is 1. The summed E-state index contributed by atoms with van der Waals surface area (Å²) < 4.78 is 0. The predicted octanol–water partition coefficient (Wildman–Crippen LogP) is 3.75. The van der Waals surface area contributed by atoms with Crippen LogP contribution in [0.3, 0.4) is 0 Å². The normalized spacial score (nSPS) is 10.6. The first-order valence-corrected chi connectivity index (χ1v) is 5.27. The molecule has 0 aliphatic rings. The van der Waals surface area contributed by atoms with E-state index in [1.807, 2.05) is 48.6 Å². The first-order chi connectivity index (χ1) is 8.33.